The first-order chi connectivity index (χ1) is 25.6. The average Bonchev–Trinajstić information content (AvgIpc) is 3.09. The number of fused-ring (bicyclic) bond motifs is 1. The molecule has 0 saturated carbocycles. The Hall–Kier alpha value is -3.48. The van der Waals surface area contributed by atoms with E-state index in [0.29, 0.717) is 39.8 Å². The smallest absolute Gasteiger partial charge is 0.872 e. The summed E-state index contributed by atoms with van der Waals surface area (Å²) >= 11 is 13.0. The summed E-state index contributed by atoms with van der Waals surface area (Å²) in [4.78, 5) is 38.3. The van der Waals surface area contributed by atoms with Crippen molar-refractivity contribution < 1.29 is 121 Å². The Morgan fingerprint density at radius 3 is 1.10 bits per heavy atom. The van der Waals surface area contributed by atoms with Crippen LogP contribution < -0.4 is 30.6 Å². The average molecular weight is 1220 g/mol. The van der Waals surface area contributed by atoms with Crippen LogP contribution in [0.4, 0.5) is 0 Å². The molecule has 59 heavy (non-hydrogen) atoms. The molecule has 0 aliphatic carbocycles. The summed E-state index contributed by atoms with van der Waals surface area (Å²) in [5.74, 6) is -4.23. The summed E-state index contributed by atoms with van der Waals surface area (Å²) in [6.07, 6.45) is 4.88. The van der Waals surface area contributed by atoms with E-state index in [-0.39, 0.29) is 110 Å². The van der Waals surface area contributed by atoms with Crippen LogP contribution in [0.5, 0.6) is 23.0 Å². The number of carbonyl (C=O) groups excluding carboxylic acids is 2. The van der Waals surface area contributed by atoms with Gasteiger partial charge in [-0.15, -0.1) is 11.5 Å². The van der Waals surface area contributed by atoms with Gasteiger partial charge in [0, 0.05) is 29.8 Å². The monoisotopic (exact) mass is 1210 g/mol. The van der Waals surface area contributed by atoms with Crippen molar-refractivity contribution in [2.75, 3.05) is 26.4 Å². The first-order valence-corrected chi connectivity index (χ1v) is 18.0. The second-order valence-electron chi connectivity index (χ2n) is 9.90. The van der Waals surface area contributed by atoms with Gasteiger partial charge in [-0.25, -0.2) is 0 Å². The molecule has 0 aromatic heterocycles. The number of benzene rings is 4. The molecule has 0 spiro atoms. The molecule has 325 valence electrons. The van der Waals surface area contributed by atoms with Crippen molar-refractivity contribution in [3.05, 3.63) is 88.7 Å². The molecule has 0 aliphatic rings. The quantitative estimate of drug-likeness (QED) is 0.0727. The van der Waals surface area contributed by atoms with Crippen molar-refractivity contribution >= 4 is 111 Å². The van der Waals surface area contributed by atoms with Gasteiger partial charge < -0.3 is 70.5 Å². The van der Waals surface area contributed by atoms with Gasteiger partial charge >= 0.3 is 50.3 Å². The molecule has 0 aliphatic heterocycles. The third-order valence-electron chi connectivity index (χ3n) is 5.85. The molecule has 0 heterocycles. The van der Waals surface area contributed by atoms with Gasteiger partial charge in [0.15, 0.2) is 26.4 Å². The van der Waals surface area contributed by atoms with Crippen molar-refractivity contribution in [1.82, 2.24) is 0 Å². The molecule has 0 fully saturated rings. The number of halogens is 4. The fourth-order valence-corrected chi connectivity index (χ4v) is 6.30. The molecule has 0 saturated heterocycles. The van der Waals surface area contributed by atoms with Gasteiger partial charge in [0.1, 0.15) is 0 Å². The first kappa shape index (κ1) is 62.2. The number of hydrogen-bond acceptors (Lipinski definition) is 16. The normalized spacial score (nSPS) is 10.1. The van der Waals surface area contributed by atoms with Crippen LogP contribution in [0.2, 0.25) is 0 Å². The molecular weight excluding hydrogens is 1180 g/mol. The van der Waals surface area contributed by atoms with E-state index in [4.69, 9.17) is 39.2 Å². The Morgan fingerprint density at radius 2 is 0.814 bits per heavy atom. The molecule has 6 N–H and O–H groups in total. The largest absolute Gasteiger partial charge is 2.00 e. The number of carboxylic acids is 2. The third kappa shape index (κ3) is 22.6. The zero-order valence-corrected chi connectivity index (χ0v) is 39.6. The van der Waals surface area contributed by atoms with E-state index in [2.05, 4.69) is 84.3 Å². The van der Waals surface area contributed by atoms with E-state index < -0.39 is 23.4 Å². The maximum absolute atomic E-state index is 12.9. The van der Waals surface area contributed by atoms with Crippen LogP contribution in [0, 0.1) is 0 Å². The summed E-state index contributed by atoms with van der Waals surface area (Å²) in [5.41, 5.74) is 0.742. The Morgan fingerprint density at radius 1 is 0.542 bits per heavy atom. The molecule has 0 atom stereocenters. The number of rotatable bonds is 14. The van der Waals surface area contributed by atoms with Crippen molar-refractivity contribution in [3.63, 3.8) is 0 Å². The van der Waals surface area contributed by atoms with Gasteiger partial charge in [0.05, 0.1) is 24.9 Å². The fraction of sp³-hybridized carbons (Fsp3) is 0.176. The minimum absolute atomic E-state index is 0. The van der Waals surface area contributed by atoms with E-state index in [1.807, 2.05) is 0 Å². The summed E-state index contributed by atoms with van der Waals surface area (Å²) in [6.45, 7) is 1.92. The van der Waals surface area contributed by atoms with Crippen LogP contribution in [-0.2, 0) is 90.2 Å². The Labute approximate surface area is 401 Å². The van der Waals surface area contributed by atoms with E-state index >= 15 is 0 Å². The molecule has 0 unspecified atom stereocenters. The Kier molecular flexibility index (Phi) is 35.1. The van der Waals surface area contributed by atoms with Crippen molar-refractivity contribution in [3.8, 4) is 23.0 Å². The minimum Gasteiger partial charge on any atom is -0.872 e. The van der Waals surface area contributed by atoms with Gasteiger partial charge in [-0.3, -0.25) is 0 Å². The van der Waals surface area contributed by atoms with Crippen LogP contribution in [0.1, 0.15) is 36.1 Å². The molecule has 4 rings (SSSR count). The number of hydrogen-bond donors (Lipinski definition) is 0. The standard InChI is InChI=1S/C30H24Br4N4O8.2C2H4O2.3Co.2H2O/c31-19-9-17(27(39)25(33)11-19)13-35-43-5-7-45-37-15-23-21-3-1-2-4-22(21)24(30(42)29(23)41)16-38-46-8-6-44-36-14-18-10-20(32)12-26(34)28(18)40;2*1-2(3)4;;;;;/h1-4,9-16,39-42H,5-8H2;2*1H3,(H,3,4);;;;2*1H2/q;;;3*+2;;/p-4/b35-13+,36-14+,37-15+,38-16+;;;;;;;. The topological polar surface area (TPSA) is 325 Å². The van der Waals surface area contributed by atoms with Crippen LogP contribution in [0.3, 0.4) is 0 Å². The van der Waals surface area contributed by atoms with Crippen molar-refractivity contribution in [2.24, 2.45) is 20.6 Å². The molecule has 18 nitrogen and oxygen atoms in total. The number of oxime groups is 4. The molecule has 0 amide bonds. The Balaban J connectivity index is -0.00000107. The zero-order valence-electron chi connectivity index (χ0n) is 30.1. The summed E-state index contributed by atoms with van der Waals surface area (Å²) in [5, 5.41) is 83.7. The fourth-order valence-electron chi connectivity index (χ4n) is 3.78. The summed E-state index contributed by atoms with van der Waals surface area (Å²) in [7, 11) is 0. The van der Waals surface area contributed by atoms with E-state index in [1.54, 1.807) is 48.5 Å². The maximum atomic E-state index is 12.9. The molecular formula is C34H32Br4Co3N4O14+2. The Bertz CT molecular complexity index is 1900. The van der Waals surface area contributed by atoms with Crippen molar-refractivity contribution in [2.45, 2.75) is 13.8 Å². The van der Waals surface area contributed by atoms with Crippen LogP contribution in [-0.4, -0.2) is 63.2 Å². The van der Waals surface area contributed by atoms with Crippen LogP contribution >= 0.6 is 63.7 Å². The van der Waals surface area contributed by atoms with Gasteiger partial charge in [0.25, 0.3) is 0 Å². The van der Waals surface area contributed by atoms with Crippen molar-refractivity contribution in [1.29, 1.82) is 0 Å². The number of carboxylic acid groups (broad SMARTS) is 2. The second kappa shape index (κ2) is 33.3. The van der Waals surface area contributed by atoms with Gasteiger partial charge in [-0.2, -0.15) is 0 Å². The molecule has 3 radical (unpaired) electrons. The van der Waals surface area contributed by atoms with Crippen LogP contribution in [0.15, 0.2) is 87.0 Å². The number of carbonyl (C=O) groups is 2. The van der Waals surface area contributed by atoms with Gasteiger partial charge in [-0.05, 0) is 71.1 Å². The van der Waals surface area contributed by atoms with E-state index in [9.17, 15) is 20.4 Å². The first-order valence-electron chi connectivity index (χ1n) is 14.8. The zero-order chi connectivity index (χ0) is 40.2. The second-order valence-corrected chi connectivity index (χ2v) is 13.4. The molecule has 25 heteroatoms. The predicted molar refractivity (Wildman–Crippen MR) is 211 cm³/mol. The molecule has 4 aromatic rings. The van der Waals surface area contributed by atoms with Gasteiger partial charge in [-0.1, -0.05) is 120 Å². The van der Waals surface area contributed by atoms with E-state index in [1.165, 1.54) is 12.4 Å². The molecule has 4 aromatic carbocycles. The van der Waals surface area contributed by atoms with E-state index in [0.717, 1.165) is 26.3 Å². The SMILES string of the molecule is CC(=O)[O-].CC(=O)[O-].[Co+2].[Co+2].[Co+2].[O-]c1c(Br)cc(Br)cc1/C=N/OCCO/N=C/c1c([O-])c([O-])c(/C=N/OCCO/N=C/c2cc(Br)cc(Br)c2[O-])c2ccccc12.[OH3+].[OH3+]. The summed E-state index contributed by atoms with van der Waals surface area (Å²) in [6, 6.07) is 13.2. The maximum Gasteiger partial charge on any atom is 2.00 e. The summed E-state index contributed by atoms with van der Waals surface area (Å²) < 4.78 is 2.18. The van der Waals surface area contributed by atoms with Crippen LogP contribution in [0.25, 0.3) is 10.8 Å². The number of aliphatic carboxylic acids is 2. The third-order valence-corrected chi connectivity index (χ3v) is 7.95. The minimum atomic E-state index is -1.08. The predicted octanol–water partition coefficient (Wildman–Crippen LogP) is 0.648. The van der Waals surface area contributed by atoms with Gasteiger partial charge in [0.2, 0.25) is 0 Å². The number of nitrogens with zero attached hydrogens (tertiary/aromatic N) is 4. The molecule has 0 bridgehead atoms.